The number of nitrogens with one attached hydrogen (secondary N) is 1. The van der Waals surface area contributed by atoms with Gasteiger partial charge in [0.05, 0.1) is 13.2 Å². The molecule has 0 radical (unpaired) electrons. The molecule has 2 aliphatic rings. The predicted molar refractivity (Wildman–Crippen MR) is 132 cm³/mol. The van der Waals surface area contributed by atoms with E-state index < -0.39 is 0 Å². The fourth-order valence-corrected chi connectivity index (χ4v) is 4.45. The van der Waals surface area contributed by atoms with Crippen molar-refractivity contribution >= 4 is 11.7 Å². The van der Waals surface area contributed by atoms with Crippen molar-refractivity contribution in [3.05, 3.63) is 35.2 Å². The van der Waals surface area contributed by atoms with Crippen LogP contribution in [0.5, 0.6) is 0 Å². The number of hydrogen-bond acceptors (Lipinski definition) is 7. The summed E-state index contributed by atoms with van der Waals surface area (Å²) in [6.45, 7) is 7.61. The molecule has 3 heterocycles. The molecule has 1 aliphatic carbocycles. The lowest BCUT2D eigenvalue weighted by molar-refractivity contribution is -0.161. The highest BCUT2D eigenvalue weighted by Gasteiger charge is 2.24. The third kappa shape index (κ3) is 6.51. The molecule has 1 unspecified atom stereocenters. The fourth-order valence-electron chi connectivity index (χ4n) is 4.45. The number of aromatic nitrogens is 3. The molecule has 1 aliphatic heterocycles. The number of pyridine rings is 1. The van der Waals surface area contributed by atoms with E-state index in [0.29, 0.717) is 12.4 Å². The number of anilines is 1. The molecule has 0 bridgehead atoms. The summed E-state index contributed by atoms with van der Waals surface area (Å²) in [6.07, 6.45) is 8.78. The first kappa shape index (κ1) is 24.5. The maximum Gasteiger partial charge on any atom is 0.239 e. The number of nitrogens with zero attached hydrogens (tertiary/aromatic N) is 4. The highest BCUT2D eigenvalue weighted by atomic mass is 16.7. The van der Waals surface area contributed by atoms with E-state index in [1.165, 1.54) is 6.42 Å². The third-order valence-corrected chi connectivity index (χ3v) is 6.05. The largest absolute Gasteiger partial charge is 0.353 e. The number of carbonyl (C=O) groups is 1. The first-order valence-corrected chi connectivity index (χ1v) is 12.4. The second-order valence-electron chi connectivity index (χ2n) is 10.3. The number of hydrogen-bond donors (Lipinski definition) is 1. The van der Waals surface area contributed by atoms with Crippen molar-refractivity contribution in [3.63, 3.8) is 0 Å². The van der Waals surface area contributed by atoms with Crippen LogP contribution in [0.3, 0.4) is 0 Å². The smallest absolute Gasteiger partial charge is 0.239 e. The van der Waals surface area contributed by atoms with Crippen LogP contribution in [0.15, 0.2) is 18.3 Å². The molecule has 0 saturated carbocycles. The average molecular weight is 468 g/mol. The lowest BCUT2D eigenvalue weighted by Gasteiger charge is -2.25. The van der Waals surface area contributed by atoms with Gasteiger partial charge in [0.25, 0.3) is 0 Å². The summed E-state index contributed by atoms with van der Waals surface area (Å²) >= 11 is 0. The van der Waals surface area contributed by atoms with E-state index >= 15 is 0 Å². The number of aryl methyl sites for hydroxylation is 1. The molecule has 2 aromatic rings. The molecular weight excluding hydrogens is 430 g/mol. The quantitative estimate of drug-likeness (QED) is 0.636. The molecule has 1 N–H and O–H groups in total. The summed E-state index contributed by atoms with van der Waals surface area (Å²) in [5.74, 6) is 1.41. The summed E-state index contributed by atoms with van der Waals surface area (Å²) in [7, 11) is 1.92. The summed E-state index contributed by atoms with van der Waals surface area (Å²) < 4.78 is 11.5. The predicted octanol–water partition coefficient (Wildman–Crippen LogP) is 3.46. The lowest BCUT2D eigenvalue weighted by atomic mass is 10.1. The lowest BCUT2D eigenvalue weighted by Crippen LogP contribution is -2.45. The molecule has 1 atom stereocenters. The van der Waals surface area contributed by atoms with Crippen molar-refractivity contribution < 1.29 is 14.3 Å². The summed E-state index contributed by atoms with van der Waals surface area (Å²) in [5, 5.41) is 3.02. The number of rotatable bonds is 8. The standard InChI is InChI=1S/C26H37N5O3/c1-26(2,3)30-22(32)17-31(4)25-19-8-7-9-20(19)28-24(29-25)21-12-11-18(16-27-21)13-15-34-23-10-5-6-14-33-23/h11-12,16,23H,5-10,13-15,17H2,1-4H3,(H,30,32). The maximum absolute atomic E-state index is 12.5. The first-order chi connectivity index (χ1) is 16.3. The Balaban J connectivity index is 1.44. The second kappa shape index (κ2) is 10.8. The van der Waals surface area contributed by atoms with Crippen LogP contribution < -0.4 is 10.2 Å². The number of fused-ring (bicyclic) bond motifs is 1. The van der Waals surface area contributed by atoms with Crippen LogP contribution in [0, 0.1) is 0 Å². The van der Waals surface area contributed by atoms with Gasteiger partial charge in [0.1, 0.15) is 11.5 Å². The van der Waals surface area contributed by atoms with Gasteiger partial charge in [-0.2, -0.15) is 0 Å². The molecule has 34 heavy (non-hydrogen) atoms. The molecule has 4 rings (SSSR count). The maximum atomic E-state index is 12.5. The van der Waals surface area contributed by atoms with Crippen LogP contribution in [-0.4, -0.2) is 59.5 Å². The minimum atomic E-state index is -0.267. The van der Waals surface area contributed by atoms with Gasteiger partial charge in [-0.1, -0.05) is 6.07 Å². The molecule has 8 heteroatoms. The van der Waals surface area contributed by atoms with E-state index in [1.807, 2.05) is 45.0 Å². The normalized spacial score (nSPS) is 17.9. The van der Waals surface area contributed by atoms with Crippen LogP contribution >= 0.6 is 0 Å². The van der Waals surface area contributed by atoms with Crippen LogP contribution in [0.2, 0.25) is 0 Å². The van der Waals surface area contributed by atoms with Crippen molar-refractivity contribution in [1.82, 2.24) is 20.3 Å². The molecule has 1 amide bonds. The Morgan fingerprint density at radius 3 is 2.76 bits per heavy atom. The van der Waals surface area contributed by atoms with Crippen molar-refractivity contribution in [1.29, 1.82) is 0 Å². The van der Waals surface area contributed by atoms with E-state index in [4.69, 9.17) is 19.4 Å². The topological polar surface area (TPSA) is 89.5 Å². The van der Waals surface area contributed by atoms with Gasteiger partial charge >= 0.3 is 0 Å². The molecule has 2 aromatic heterocycles. The number of carbonyl (C=O) groups excluding carboxylic acids is 1. The van der Waals surface area contributed by atoms with E-state index in [0.717, 1.165) is 73.5 Å². The van der Waals surface area contributed by atoms with E-state index in [9.17, 15) is 4.79 Å². The van der Waals surface area contributed by atoms with E-state index in [1.54, 1.807) is 0 Å². The number of likely N-dealkylation sites (N-methyl/N-ethyl adjacent to an activating group) is 1. The Bertz CT molecular complexity index is 981. The van der Waals surface area contributed by atoms with Gasteiger partial charge in [0.15, 0.2) is 12.1 Å². The molecule has 0 aromatic carbocycles. The van der Waals surface area contributed by atoms with Crippen molar-refractivity contribution in [2.24, 2.45) is 0 Å². The minimum Gasteiger partial charge on any atom is -0.353 e. The molecule has 1 saturated heterocycles. The zero-order valence-corrected chi connectivity index (χ0v) is 20.9. The molecule has 184 valence electrons. The van der Waals surface area contributed by atoms with Crippen LogP contribution in [-0.2, 0) is 33.5 Å². The van der Waals surface area contributed by atoms with Gasteiger partial charge in [0.2, 0.25) is 5.91 Å². The molecule has 1 fully saturated rings. The Hall–Kier alpha value is -2.58. The zero-order valence-electron chi connectivity index (χ0n) is 20.9. The van der Waals surface area contributed by atoms with Crippen LogP contribution in [0.25, 0.3) is 11.5 Å². The molecule has 8 nitrogen and oxygen atoms in total. The van der Waals surface area contributed by atoms with Crippen molar-refractivity contribution in [3.8, 4) is 11.5 Å². The van der Waals surface area contributed by atoms with Crippen LogP contribution in [0.1, 0.15) is 63.3 Å². The van der Waals surface area contributed by atoms with Gasteiger partial charge in [0, 0.05) is 36.6 Å². The zero-order chi connectivity index (χ0) is 24.1. The third-order valence-electron chi connectivity index (χ3n) is 6.05. The van der Waals surface area contributed by atoms with Crippen molar-refractivity contribution in [2.75, 3.05) is 31.7 Å². The fraction of sp³-hybridized carbons (Fsp3) is 0.615. The molecule has 0 spiro atoms. The second-order valence-corrected chi connectivity index (χ2v) is 10.3. The number of ether oxygens (including phenoxy) is 2. The highest BCUT2D eigenvalue weighted by molar-refractivity contribution is 5.82. The summed E-state index contributed by atoms with van der Waals surface area (Å²) in [5.41, 5.74) is 3.79. The van der Waals surface area contributed by atoms with E-state index in [-0.39, 0.29) is 24.3 Å². The average Bonchev–Trinajstić information content (AvgIpc) is 3.27. The van der Waals surface area contributed by atoms with Gasteiger partial charge in [-0.15, -0.1) is 0 Å². The summed E-state index contributed by atoms with van der Waals surface area (Å²) in [4.78, 5) is 28.7. The first-order valence-electron chi connectivity index (χ1n) is 12.4. The van der Waals surface area contributed by atoms with Gasteiger partial charge < -0.3 is 19.7 Å². The Morgan fingerprint density at radius 2 is 2.06 bits per heavy atom. The summed E-state index contributed by atoms with van der Waals surface area (Å²) in [6, 6.07) is 4.03. The Morgan fingerprint density at radius 1 is 1.21 bits per heavy atom. The SMILES string of the molecule is CN(CC(=O)NC(C)(C)C)c1nc(-c2ccc(CCOC3CCCCO3)cn2)nc2c1CCC2. The molecular formula is C26H37N5O3. The highest BCUT2D eigenvalue weighted by Crippen LogP contribution is 2.30. The number of amides is 1. The Labute approximate surface area is 202 Å². The van der Waals surface area contributed by atoms with Crippen LogP contribution in [0.4, 0.5) is 5.82 Å². The monoisotopic (exact) mass is 467 g/mol. The Kier molecular flexibility index (Phi) is 7.78. The van der Waals surface area contributed by atoms with Gasteiger partial charge in [-0.25, -0.2) is 9.97 Å². The van der Waals surface area contributed by atoms with Gasteiger partial charge in [-0.3, -0.25) is 9.78 Å². The minimum absolute atomic E-state index is 0.0229. The van der Waals surface area contributed by atoms with Gasteiger partial charge in [-0.05, 0) is 77.3 Å². The van der Waals surface area contributed by atoms with E-state index in [2.05, 4.69) is 16.4 Å². The van der Waals surface area contributed by atoms with Crippen molar-refractivity contribution in [2.45, 2.75) is 77.5 Å².